The Morgan fingerprint density at radius 3 is 2.00 bits per heavy atom. The standard InChI is InChI=1S/C36H31ClN2O4/c1-25(34(27-17-19-30(37)20-18-27)43-36(41)29-15-9-4-10-16-29)38-32-22-21-31(39-35(40)28-13-7-3-8-14-28)23-33(32)42-24-26-11-5-2-6-12-26/h2-23,25,34,38H,24H2,1H3,(H,39,40). The lowest BCUT2D eigenvalue weighted by Gasteiger charge is -2.27. The predicted octanol–water partition coefficient (Wildman–Crippen LogP) is 8.57. The molecule has 0 saturated carbocycles. The molecule has 0 fully saturated rings. The predicted molar refractivity (Wildman–Crippen MR) is 171 cm³/mol. The highest BCUT2D eigenvalue weighted by Gasteiger charge is 2.25. The third-order valence-corrected chi connectivity index (χ3v) is 7.04. The lowest BCUT2D eigenvalue weighted by atomic mass is 10.0. The van der Waals surface area contributed by atoms with E-state index in [1.165, 1.54) is 0 Å². The van der Waals surface area contributed by atoms with Crippen molar-refractivity contribution in [1.29, 1.82) is 0 Å². The Morgan fingerprint density at radius 2 is 1.35 bits per heavy atom. The Kier molecular flexibility index (Phi) is 9.72. The van der Waals surface area contributed by atoms with Gasteiger partial charge in [0.15, 0.2) is 0 Å². The van der Waals surface area contributed by atoms with Gasteiger partial charge in [0.1, 0.15) is 18.5 Å². The van der Waals surface area contributed by atoms with Crippen LogP contribution in [0, 0.1) is 0 Å². The topological polar surface area (TPSA) is 76.7 Å². The minimum atomic E-state index is -0.649. The van der Waals surface area contributed by atoms with Gasteiger partial charge in [-0.2, -0.15) is 0 Å². The number of rotatable bonds is 11. The molecule has 2 atom stereocenters. The third-order valence-electron chi connectivity index (χ3n) is 6.79. The van der Waals surface area contributed by atoms with Crippen LogP contribution >= 0.6 is 11.6 Å². The molecule has 0 aromatic heterocycles. The van der Waals surface area contributed by atoms with Crippen molar-refractivity contribution >= 4 is 34.9 Å². The molecule has 0 aliphatic heterocycles. The van der Waals surface area contributed by atoms with Crippen molar-refractivity contribution in [2.24, 2.45) is 0 Å². The summed E-state index contributed by atoms with van der Waals surface area (Å²) in [5, 5.41) is 7.01. The van der Waals surface area contributed by atoms with Crippen LogP contribution in [0.5, 0.6) is 5.75 Å². The Morgan fingerprint density at radius 1 is 0.744 bits per heavy atom. The zero-order valence-corrected chi connectivity index (χ0v) is 24.3. The van der Waals surface area contributed by atoms with Crippen molar-refractivity contribution in [2.75, 3.05) is 10.6 Å². The van der Waals surface area contributed by atoms with Gasteiger partial charge < -0.3 is 20.1 Å². The van der Waals surface area contributed by atoms with E-state index in [4.69, 9.17) is 21.1 Å². The van der Waals surface area contributed by atoms with E-state index in [1.54, 1.807) is 60.7 Å². The van der Waals surface area contributed by atoms with E-state index < -0.39 is 12.1 Å². The minimum Gasteiger partial charge on any atom is -0.487 e. The number of benzene rings is 5. The van der Waals surface area contributed by atoms with E-state index in [0.717, 1.165) is 11.1 Å². The van der Waals surface area contributed by atoms with Gasteiger partial charge in [-0.3, -0.25) is 4.79 Å². The normalized spacial score (nSPS) is 12.0. The lowest BCUT2D eigenvalue weighted by Crippen LogP contribution is -2.28. The van der Waals surface area contributed by atoms with Gasteiger partial charge in [0.2, 0.25) is 0 Å². The number of carbonyl (C=O) groups is 2. The van der Waals surface area contributed by atoms with E-state index in [0.29, 0.717) is 39.9 Å². The molecule has 43 heavy (non-hydrogen) atoms. The second-order valence-electron chi connectivity index (χ2n) is 9.98. The monoisotopic (exact) mass is 590 g/mol. The van der Waals surface area contributed by atoms with Crippen LogP contribution in [0.15, 0.2) is 133 Å². The highest BCUT2D eigenvalue weighted by atomic mass is 35.5. The van der Waals surface area contributed by atoms with E-state index in [1.807, 2.05) is 79.7 Å². The number of esters is 1. The van der Waals surface area contributed by atoms with Crippen LogP contribution in [0.3, 0.4) is 0 Å². The lowest BCUT2D eigenvalue weighted by molar-refractivity contribution is 0.0262. The summed E-state index contributed by atoms with van der Waals surface area (Å²) in [6, 6.07) is 40.0. The molecule has 7 heteroatoms. The smallest absolute Gasteiger partial charge is 0.338 e. The highest BCUT2D eigenvalue weighted by Crippen LogP contribution is 2.33. The van der Waals surface area contributed by atoms with Gasteiger partial charge in [0.25, 0.3) is 5.91 Å². The van der Waals surface area contributed by atoms with E-state index in [9.17, 15) is 9.59 Å². The number of halogens is 1. The first kappa shape index (κ1) is 29.4. The molecule has 1 amide bonds. The number of ether oxygens (including phenoxy) is 2. The van der Waals surface area contributed by atoms with Crippen LogP contribution in [0.2, 0.25) is 5.02 Å². The van der Waals surface area contributed by atoms with Crippen LogP contribution in [0.1, 0.15) is 44.9 Å². The fraction of sp³-hybridized carbons (Fsp3) is 0.111. The van der Waals surface area contributed by atoms with Crippen LogP contribution in [0.4, 0.5) is 11.4 Å². The molecule has 2 unspecified atom stereocenters. The van der Waals surface area contributed by atoms with Gasteiger partial charge >= 0.3 is 5.97 Å². The zero-order chi connectivity index (χ0) is 30.0. The second kappa shape index (κ2) is 14.2. The fourth-order valence-electron chi connectivity index (χ4n) is 4.56. The number of hydrogen-bond acceptors (Lipinski definition) is 5. The maximum absolute atomic E-state index is 13.1. The number of nitrogens with one attached hydrogen (secondary N) is 2. The summed E-state index contributed by atoms with van der Waals surface area (Å²) in [5.41, 5.74) is 4.05. The molecule has 5 aromatic carbocycles. The Labute approximate surface area is 256 Å². The summed E-state index contributed by atoms with van der Waals surface area (Å²) in [4.78, 5) is 25.9. The first-order valence-electron chi connectivity index (χ1n) is 13.9. The van der Waals surface area contributed by atoms with Crippen LogP contribution in [-0.4, -0.2) is 17.9 Å². The van der Waals surface area contributed by atoms with Gasteiger partial charge in [0, 0.05) is 22.3 Å². The summed E-state index contributed by atoms with van der Waals surface area (Å²) in [5.74, 6) is -0.126. The Bertz CT molecular complexity index is 1650. The Hall–Kier alpha value is -5.07. The summed E-state index contributed by atoms with van der Waals surface area (Å²) in [7, 11) is 0. The molecule has 5 rings (SSSR count). The molecule has 2 N–H and O–H groups in total. The van der Waals surface area contributed by atoms with Gasteiger partial charge in [-0.1, -0.05) is 90.5 Å². The number of anilines is 2. The third kappa shape index (κ3) is 8.03. The van der Waals surface area contributed by atoms with Crippen molar-refractivity contribution in [1.82, 2.24) is 0 Å². The first-order valence-corrected chi connectivity index (χ1v) is 14.3. The largest absolute Gasteiger partial charge is 0.487 e. The summed E-state index contributed by atoms with van der Waals surface area (Å²) >= 11 is 6.15. The van der Waals surface area contributed by atoms with Crippen molar-refractivity contribution in [3.8, 4) is 5.75 Å². The van der Waals surface area contributed by atoms with Crippen LogP contribution < -0.4 is 15.4 Å². The summed E-state index contributed by atoms with van der Waals surface area (Å²) in [6.45, 7) is 2.26. The number of hydrogen-bond donors (Lipinski definition) is 2. The summed E-state index contributed by atoms with van der Waals surface area (Å²) in [6.07, 6.45) is -0.649. The van der Waals surface area contributed by atoms with Crippen molar-refractivity contribution in [3.63, 3.8) is 0 Å². The fourth-order valence-corrected chi connectivity index (χ4v) is 4.68. The molecule has 0 spiro atoms. The van der Waals surface area contributed by atoms with Gasteiger partial charge in [-0.25, -0.2) is 4.79 Å². The molecule has 0 radical (unpaired) electrons. The van der Waals surface area contributed by atoms with Crippen molar-refractivity contribution in [3.05, 3.63) is 161 Å². The van der Waals surface area contributed by atoms with Crippen LogP contribution in [0.25, 0.3) is 0 Å². The van der Waals surface area contributed by atoms with Gasteiger partial charge in [0.05, 0.1) is 17.3 Å². The van der Waals surface area contributed by atoms with Crippen molar-refractivity contribution in [2.45, 2.75) is 25.7 Å². The van der Waals surface area contributed by atoms with E-state index in [2.05, 4.69) is 10.6 Å². The van der Waals surface area contributed by atoms with Gasteiger partial charge in [-0.15, -0.1) is 0 Å². The molecule has 0 bridgehead atoms. The molecular weight excluding hydrogens is 560 g/mol. The van der Waals surface area contributed by atoms with Crippen molar-refractivity contribution < 1.29 is 19.1 Å². The SMILES string of the molecule is CC(Nc1ccc(NC(=O)c2ccccc2)cc1OCc1ccccc1)C(OC(=O)c1ccccc1)c1ccc(Cl)cc1. The van der Waals surface area contributed by atoms with E-state index >= 15 is 0 Å². The molecule has 216 valence electrons. The number of amides is 1. The first-order chi connectivity index (χ1) is 21.0. The van der Waals surface area contributed by atoms with Gasteiger partial charge in [-0.05, 0) is 66.6 Å². The average Bonchev–Trinajstić information content (AvgIpc) is 3.05. The Balaban J connectivity index is 1.41. The molecule has 0 aliphatic carbocycles. The molecule has 0 saturated heterocycles. The zero-order valence-electron chi connectivity index (χ0n) is 23.6. The summed E-state index contributed by atoms with van der Waals surface area (Å²) < 4.78 is 12.3. The molecule has 5 aromatic rings. The average molecular weight is 591 g/mol. The van der Waals surface area contributed by atoms with Crippen LogP contribution in [-0.2, 0) is 11.3 Å². The minimum absolute atomic E-state index is 0.223. The number of carbonyl (C=O) groups excluding carboxylic acids is 2. The molecule has 0 aliphatic rings. The second-order valence-corrected chi connectivity index (χ2v) is 10.4. The highest BCUT2D eigenvalue weighted by molar-refractivity contribution is 6.30. The maximum atomic E-state index is 13.1. The molecular formula is C36H31ClN2O4. The molecule has 0 heterocycles. The quantitative estimate of drug-likeness (QED) is 0.151. The molecule has 6 nitrogen and oxygen atoms in total. The van der Waals surface area contributed by atoms with E-state index in [-0.39, 0.29) is 11.9 Å². The maximum Gasteiger partial charge on any atom is 0.338 e.